The molecule has 6 heteroatoms. The summed E-state index contributed by atoms with van der Waals surface area (Å²) in [7, 11) is 3.27. The van der Waals surface area contributed by atoms with E-state index in [0.717, 1.165) is 28.4 Å². The first-order valence-corrected chi connectivity index (χ1v) is 6.91. The van der Waals surface area contributed by atoms with E-state index in [0.29, 0.717) is 13.2 Å². The van der Waals surface area contributed by atoms with Crippen molar-refractivity contribution in [3.8, 4) is 17.2 Å². The molecule has 2 aromatic carbocycles. The minimum Gasteiger partial charge on any atom is -0.497 e. The normalized spacial score (nSPS) is 9.77. The van der Waals surface area contributed by atoms with E-state index in [4.69, 9.17) is 26.0 Å². The molecule has 0 fully saturated rings. The van der Waals surface area contributed by atoms with Crippen LogP contribution in [0.15, 0.2) is 42.5 Å². The summed E-state index contributed by atoms with van der Waals surface area (Å²) in [6, 6.07) is 13.4. The highest BCUT2D eigenvalue weighted by Crippen LogP contribution is 2.26. The highest BCUT2D eigenvalue weighted by Gasteiger charge is 2.08. The van der Waals surface area contributed by atoms with Crippen LogP contribution in [0, 0.1) is 0 Å². The van der Waals surface area contributed by atoms with Gasteiger partial charge in [-0.25, -0.2) is 4.84 Å². The van der Waals surface area contributed by atoms with Crippen molar-refractivity contribution in [1.29, 1.82) is 0 Å². The van der Waals surface area contributed by atoms with Crippen molar-refractivity contribution < 1.29 is 14.2 Å². The second-order valence-corrected chi connectivity index (χ2v) is 4.65. The molecule has 2 rings (SSSR count). The van der Waals surface area contributed by atoms with Gasteiger partial charge in [0.05, 0.1) is 14.2 Å². The van der Waals surface area contributed by atoms with Gasteiger partial charge >= 0.3 is 0 Å². The Morgan fingerprint density at radius 2 is 1.73 bits per heavy atom. The van der Waals surface area contributed by atoms with E-state index in [9.17, 15) is 0 Å². The van der Waals surface area contributed by atoms with Crippen molar-refractivity contribution in [2.24, 2.45) is 0 Å². The Labute approximate surface area is 141 Å². The van der Waals surface area contributed by atoms with Gasteiger partial charge in [-0.15, -0.1) is 12.4 Å². The van der Waals surface area contributed by atoms with Crippen LogP contribution >= 0.6 is 24.2 Å². The van der Waals surface area contributed by atoms with Gasteiger partial charge in [-0.2, -0.15) is 0 Å². The van der Waals surface area contributed by atoms with E-state index in [1.807, 2.05) is 42.5 Å². The minimum atomic E-state index is 0. The maximum atomic E-state index is 5.88. The summed E-state index contributed by atoms with van der Waals surface area (Å²) in [5.74, 6) is 2.32. The maximum Gasteiger partial charge on any atom is 0.125 e. The number of hydrogen-bond acceptors (Lipinski definition) is 4. The SMILES string of the molecule is COc1ccc(OC)c(COc2ccccc2CNCl)c1.Cl. The van der Waals surface area contributed by atoms with Crippen LogP contribution in [0.25, 0.3) is 0 Å². The monoisotopic (exact) mass is 343 g/mol. The number of para-hydroxylation sites is 1. The van der Waals surface area contributed by atoms with Gasteiger partial charge in [-0.05, 0) is 36.0 Å². The lowest BCUT2D eigenvalue weighted by molar-refractivity contribution is 0.292. The molecule has 0 saturated carbocycles. The number of hydrogen-bond donors (Lipinski definition) is 1. The first kappa shape index (κ1) is 18.4. The van der Waals surface area contributed by atoms with Crippen LogP contribution in [-0.2, 0) is 13.2 Å². The van der Waals surface area contributed by atoms with Crippen molar-refractivity contribution in [2.45, 2.75) is 13.2 Å². The number of rotatable bonds is 7. The fourth-order valence-electron chi connectivity index (χ4n) is 2.01. The predicted octanol–water partition coefficient (Wildman–Crippen LogP) is 3.95. The first-order chi connectivity index (χ1) is 10.3. The van der Waals surface area contributed by atoms with Crippen LogP contribution in [0.2, 0.25) is 0 Å². The van der Waals surface area contributed by atoms with Gasteiger partial charge in [0.2, 0.25) is 0 Å². The van der Waals surface area contributed by atoms with Crippen LogP contribution < -0.4 is 19.0 Å². The molecule has 0 aromatic heterocycles. The highest BCUT2D eigenvalue weighted by molar-refractivity contribution is 6.13. The van der Waals surface area contributed by atoms with E-state index in [1.165, 1.54) is 0 Å². The maximum absolute atomic E-state index is 5.88. The Morgan fingerprint density at radius 3 is 2.41 bits per heavy atom. The molecule has 0 unspecified atom stereocenters. The smallest absolute Gasteiger partial charge is 0.125 e. The van der Waals surface area contributed by atoms with Crippen LogP contribution in [0.3, 0.4) is 0 Å². The molecule has 0 aliphatic rings. The quantitative estimate of drug-likeness (QED) is 0.772. The molecule has 2 aromatic rings. The lowest BCUT2D eigenvalue weighted by Crippen LogP contribution is -2.04. The topological polar surface area (TPSA) is 39.7 Å². The second kappa shape index (κ2) is 9.41. The minimum absolute atomic E-state index is 0. The van der Waals surface area contributed by atoms with Gasteiger partial charge in [0.15, 0.2) is 0 Å². The van der Waals surface area contributed by atoms with Crippen molar-refractivity contribution in [1.82, 2.24) is 4.84 Å². The molecule has 0 bridgehead atoms. The van der Waals surface area contributed by atoms with E-state index in [-0.39, 0.29) is 12.4 Å². The van der Waals surface area contributed by atoms with Crippen LogP contribution in [0.4, 0.5) is 0 Å². The summed E-state index contributed by atoms with van der Waals surface area (Å²) in [6.45, 7) is 0.923. The molecular weight excluding hydrogens is 325 g/mol. The van der Waals surface area contributed by atoms with Gasteiger partial charge in [0, 0.05) is 17.7 Å². The number of halogens is 2. The predicted molar refractivity (Wildman–Crippen MR) is 90.3 cm³/mol. The summed E-state index contributed by atoms with van der Waals surface area (Å²) in [6.07, 6.45) is 0. The Morgan fingerprint density at radius 1 is 0.955 bits per heavy atom. The molecule has 0 atom stereocenters. The zero-order valence-corrected chi connectivity index (χ0v) is 14.0. The van der Waals surface area contributed by atoms with Crippen molar-refractivity contribution in [3.63, 3.8) is 0 Å². The highest BCUT2D eigenvalue weighted by atomic mass is 35.5. The molecule has 0 heterocycles. The number of benzene rings is 2. The molecule has 0 amide bonds. The fourth-order valence-corrected chi connectivity index (χ4v) is 2.16. The molecule has 0 aliphatic carbocycles. The van der Waals surface area contributed by atoms with Gasteiger partial charge < -0.3 is 14.2 Å². The third-order valence-electron chi connectivity index (χ3n) is 3.10. The molecule has 0 aliphatic heterocycles. The van der Waals surface area contributed by atoms with Gasteiger partial charge in [-0.3, -0.25) is 0 Å². The van der Waals surface area contributed by atoms with E-state index in [2.05, 4.69) is 4.84 Å². The Balaban J connectivity index is 0.00000242. The summed E-state index contributed by atoms with van der Waals surface area (Å²) in [5, 5.41) is 0. The molecule has 0 radical (unpaired) electrons. The third kappa shape index (κ3) is 4.70. The van der Waals surface area contributed by atoms with E-state index in [1.54, 1.807) is 14.2 Å². The molecule has 22 heavy (non-hydrogen) atoms. The molecule has 120 valence electrons. The summed E-state index contributed by atoms with van der Waals surface area (Å²) < 4.78 is 16.5. The van der Waals surface area contributed by atoms with Crippen LogP contribution in [0.5, 0.6) is 17.2 Å². The second-order valence-electron chi connectivity index (χ2n) is 4.38. The van der Waals surface area contributed by atoms with Gasteiger partial charge in [-0.1, -0.05) is 18.2 Å². The van der Waals surface area contributed by atoms with Crippen LogP contribution in [-0.4, -0.2) is 14.2 Å². The number of ether oxygens (including phenoxy) is 3. The standard InChI is InChI=1S/C16H18ClNO3.ClH/c1-19-14-7-8-15(20-2)13(9-14)11-21-16-6-4-3-5-12(16)10-18-17;/h3-9,18H,10-11H2,1-2H3;1H. The van der Waals surface area contributed by atoms with Crippen molar-refractivity contribution in [2.75, 3.05) is 14.2 Å². The molecule has 4 nitrogen and oxygen atoms in total. The third-order valence-corrected chi connectivity index (χ3v) is 3.23. The Bertz CT molecular complexity index is 593. The van der Waals surface area contributed by atoms with Crippen molar-refractivity contribution in [3.05, 3.63) is 53.6 Å². The largest absolute Gasteiger partial charge is 0.497 e. The number of nitrogens with one attached hydrogen (secondary N) is 1. The zero-order valence-electron chi connectivity index (χ0n) is 12.5. The summed E-state index contributed by atoms with van der Waals surface area (Å²) >= 11 is 5.57. The fraction of sp³-hybridized carbons (Fsp3) is 0.250. The van der Waals surface area contributed by atoms with Crippen LogP contribution in [0.1, 0.15) is 11.1 Å². The average Bonchev–Trinajstić information content (AvgIpc) is 2.54. The molecule has 0 spiro atoms. The van der Waals surface area contributed by atoms with Gasteiger partial charge in [0.1, 0.15) is 23.9 Å². The molecule has 0 saturated heterocycles. The van der Waals surface area contributed by atoms with E-state index >= 15 is 0 Å². The molecular formula is C16H19Cl2NO3. The summed E-state index contributed by atoms with van der Waals surface area (Å²) in [5.41, 5.74) is 1.92. The van der Waals surface area contributed by atoms with Crippen molar-refractivity contribution >= 4 is 24.2 Å². The first-order valence-electron chi connectivity index (χ1n) is 6.53. The Kier molecular flexibility index (Phi) is 7.88. The molecule has 1 N–H and O–H groups in total. The zero-order chi connectivity index (χ0) is 15.1. The lowest BCUT2D eigenvalue weighted by Gasteiger charge is -2.14. The summed E-state index contributed by atoms with van der Waals surface area (Å²) in [4.78, 5) is 2.61. The number of methoxy groups -OCH3 is 2. The Hall–Kier alpha value is -1.62. The lowest BCUT2D eigenvalue weighted by atomic mass is 10.2. The van der Waals surface area contributed by atoms with Gasteiger partial charge in [0.25, 0.3) is 0 Å². The van der Waals surface area contributed by atoms with E-state index < -0.39 is 0 Å². The average molecular weight is 344 g/mol.